The first-order valence-corrected chi connectivity index (χ1v) is 11.6. The van der Waals surface area contributed by atoms with E-state index in [1.807, 2.05) is 18.2 Å². The van der Waals surface area contributed by atoms with E-state index in [-0.39, 0.29) is 17.8 Å². The van der Waals surface area contributed by atoms with Crippen LogP contribution < -0.4 is 10.6 Å². The highest BCUT2D eigenvalue weighted by Crippen LogP contribution is 2.24. The molecule has 6 nitrogen and oxygen atoms in total. The summed E-state index contributed by atoms with van der Waals surface area (Å²) >= 11 is 0. The molecular formula is C21H27N3O3S. The van der Waals surface area contributed by atoms with Crippen LogP contribution in [0.25, 0.3) is 0 Å². The van der Waals surface area contributed by atoms with Gasteiger partial charge in [-0.1, -0.05) is 42.5 Å². The van der Waals surface area contributed by atoms with Crippen LogP contribution in [-0.2, 0) is 15.6 Å². The number of urea groups is 1. The lowest BCUT2D eigenvalue weighted by atomic mass is 10.1. The molecule has 2 aromatic rings. The van der Waals surface area contributed by atoms with Crippen molar-refractivity contribution in [3.05, 3.63) is 65.7 Å². The first-order valence-electron chi connectivity index (χ1n) is 9.51. The van der Waals surface area contributed by atoms with E-state index in [9.17, 15) is 13.2 Å². The summed E-state index contributed by atoms with van der Waals surface area (Å²) in [5.74, 6) is -0.0464. The fourth-order valence-electron chi connectivity index (χ4n) is 3.59. The Morgan fingerprint density at radius 3 is 2.46 bits per heavy atom. The number of hydrogen-bond acceptors (Lipinski definition) is 4. The Labute approximate surface area is 166 Å². The Morgan fingerprint density at radius 1 is 1.07 bits per heavy atom. The van der Waals surface area contributed by atoms with Crippen molar-refractivity contribution >= 4 is 21.6 Å². The SMILES string of the molecule is CS(=O)(=O)Cc1cccc(NC(=O)NCC(c2ccccc2)N2CCCC2)c1. The molecule has 1 unspecified atom stereocenters. The molecule has 0 saturated carbocycles. The van der Waals surface area contributed by atoms with Crippen LogP contribution in [0.5, 0.6) is 0 Å². The fraction of sp³-hybridized carbons (Fsp3) is 0.381. The maximum Gasteiger partial charge on any atom is 0.319 e. The van der Waals surface area contributed by atoms with Gasteiger partial charge in [-0.2, -0.15) is 0 Å². The summed E-state index contributed by atoms with van der Waals surface area (Å²) in [6, 6.07) is 17.0. The van der Waals surface area contributed by atoms with Crippen LogP contribution in [0.2, 0.25) is 0 Å². The standard InChI is InChI=1S/C21H27N3O3S/c1-28(26,27)16-17-8-7-11-19(14-17)23-21(25)22-15-20(24-12-5-6-13-24)18-9-3-2-4-10-18/h2-4,7-11,14,20H,5-6,12-13,15-16H2,1H3,(H2,22,23,25). The molecule has 1 aliphatic heterocycles. The maximum absolute atomic E-state index is 12.4. The molecule has 0 aliphatic carbocycles. The molecular weight excluding hydrogens is 374 g/mol. The summed E-state index contributed by atoms with van der Waals surface area (Å²) in [7, 11) is -3.12. The zero-order valence-corrected chi connectivity index (χ0v) is 16.9. The highest BCUT2D eigenvalue weighted by atomic mass is 32.2. The number of likely N-dealkylation sites (tertiary alicyclic amines) is 1. The van der Waals surface area contributed by atoms with Crippen molar-refractivity contribution in [2.45, 2.75) is 24.6 Å². The summed E-state index contributed by atoms with van der Waals surface area (Å²) in [6.07, 6.45) is 3.56. The van der Waals surface area contributed by atoms with E-state index in [1.54, 1.807) is 24.3 Å². The number of benzene rings is 2. The second kappa shape index (κ2) is 9.21. The van der Waals surface area contributed by atoms with Gasteiger partial charge in [0.05, 0.1) is 11.8 Å². The summed E-state index contributed by atoms with van der Waals surface area (Å²) in [5.41, 5.74) is 2.43. The van der Waals surface area contributed by atoms with Gasteiger partial charge in [0, 0.05) is 18.5 Å². The second-order valence-corrected chi connectivity index (χ2v) is 9.42. The van der Waals surface area contributed by atoms with Gasteiger partial charge < -0.3 is 10.6 Å². The van der Waals surface area contributed by atoms with Crippen molar-refractivity contribution in [2.75, 3.05) is 31.2 Å². The van der Waals surface area contributed by atoms with Crippen LogP contribution in [0.4, 0.5) is 10.5 Å². The number of sulfone groups is 1. The fourth-order valence-corrected chi connectivity index (χ4v) is 4.38. The Bertz CT molecular complexity index is 894. The van der Waals surface area contributed by atoms with Crippen molar-refractivity contribution in [3.63, 3.8) is 0 Å². The van der Waals surface area contributed by atoms with Crippen LogP contribution in [0.15, 0.2) is 54.6 Å². The lowest BCUT2D eigenvalue weighted by Gasteiger charge is -2.28. The molecule has 2 N–H and O–H groups in total. The zero-order valence-electron chi connectivity index (χ0n) is 16.1. The van der Waals surface area contributed by atoms with Crippen LogP contribution in [0.1, 0.15) is 30.0 Å². The van der Waals surface area contributed by atoms with Gasteiger partial charge >= 0.3 is 6.03 Å². The molecule has 28 heavy (non-hydrogen) atoms. The quantitative estimate of drug-likeness (QED) is 0.747. The molecule has 1 aliphatic rings. The minimum absolute atomic E-state index is 0.0464. The number of anilines is 1. The van der Waals surface area contributed by atoms with Gasteiger partial charge in [0.1, 0.15) is 0 Å². The topological polar surface area (TPSA) is 78.5 Å². The molecule has 0 bridgehead atoms. The van der Waals surface area contributed by atoms with E-state index in [4.69, 9.17) is 0 Å². The van der Waals surface area contributed by atoms with Gasteiger partial charge in [0.25, 0.3) is 0 Å². The normalized spacial score (nSPS) is 15.9. The first-order chi connectivity index (χ1) is 13.4. The average molecular weight is 402 g/mol. The lowest BCUT2D eigenvalue weighted by Crippen LogP contribution is -2.38. The second-order valence-electron chi connectivity index (χ2n) is 7.28. The molecule has 2 aromatic carbocycles. The van der Waals surface area contributed by atoms with E-state index >= 15 is 0 Å². The lowest BCUT2D eigenvalue weighted by molar-refractivity contribution is 0.227. The Hall–Kier alpha value is -2.38. The number of amides is 2. The van der Waals surface area contributed by atoms with Crippen LogP contribution in [0.3, 0.4) is 0 Å². The van der Waals surface area contributed by atoms with E-state index < -0.39 is 9.84 Å². The molecule has 0 aromatic heterocycles. The average Bonchev–Trinajstić information content (AvgIpc) is 3.16. The maximum atomic E-state index is 12.4. The number of hydrogen-bond donors (Lipinski definition) is 2. The third-order valence-electron chi connectivity index (χ3n) is 4.84. The molecule has 150 valence electrons. The van der Waals surface area contributed by atoms with E-state index in [0.29, 0.717) is 17.8 Å². The number of rotatable bonds is 7. The van der Waals surface area contributed by atoms with Crippen LogP contribution in [-0.4, -0.2) is 45.2 Å². The Kier molecular flexibility index (Phi) is 6.70. The van der Waals surface area contributed by atoms with Gasteiger partial charge in [0.15, 0.2) is 9.84 Å². The predicted molar refractivity (Wildman–Crippen MR) is 112 cm³/mol. The minimum Gasteiger partial charge on any atom is -0.336 e. The number of nitrogens with one attached hydrogen (secondary N) is 2. The van der Waals surface area contributed by atoms with Crippen molar-refractivity contribution in [2.24, 2.45) is 0 Å². The third-order valence-corrected chi connectivity index (χ3v) is 5.69. The number of carbonyl (C=O) groups is 1. The van der Waals surface area contributed by atoms with Crippen LogP contribution in [0, 0.1) is 0 Å². The highest BCUT2D eigenvalue weighted by molar-refractivity contribution is 7.89. The smallest absolute Gasteiger partial charge is 0.319 e. The van der Waals surface area contributed by atoms with E-state index in [2.05, 4.69) is 27.7 Å². The molecule has 3 rings (SSSR count). The van der Waals surface area contributed by atoms with Crippen molar-refractivity contribution in [1.29, 1.82) is 0 Å². The molecule has 1 saturated heterocycles. The summed E-state index contributed by atoms with van der Waals surface area (Å²) in [5, 5.41) is 5.77. The van der Waals surface area contributed by atoms with Crippen molar-refractivity contribution in [1.82, 2.24) is 10.2 Å². The zero-order chi connectivity index (χ0) is 20.0. The predicted octanol–water partition coefficient (Wildman–Crippen LogP) is 3.19. The monoisotopic (exact) mass is 401 g/mol. The summed E-state index contributed by atoms with van der Waals surface area (Å²) < 4.78 is 22.9. The van der Waals surface area contributed by atoms with E-state index in [0.717, 1.165) is 13.1 Å². The van der Waals surface area contributed by atoms with E-state index in [1.165, 1.54) is 24.7 Å². The van der Waals surface area contributed by atoms with Crippen LogP contribution >= 0.6 is 0 Å². The minimum atomic E-state index is -3.12. The molecule has 1 heterocycles. The van der Waals surface area contributed by atoms with Gasteiger partial charge in [-0.3, -0.25) is 4.90 Å². The Balaban J connectivity index is 1.61. The first kappa shape index (κ1) is 20.4. The Morgan fingerprint density at radius 2 is 1.79 bits per heavy atom. The molecule has 0 spiro atoms. The molecule has 1 atom stereocenters. The third kappa shape index (κ3) is 6.07. The summed E-state index contributed by atoms with van der Waals surface area (Å²) in [4.78, 5) is 14.8. The van der Waals surface area contributed by atoms with Gasteiger partial charge in [-0.25, -0.2) is 13.2 Å². The molecule has 0 radical (unpaired) electrons. The van der Waals surface area contributed by atoms with Gasteiger partial charge in [-0.05, 0) is 49.2 Å². The number of nitrogens with zero attached hydrogens (tertiary/aromatic N) is 1. The molecule has 1 fully saturated rings. The van der Waals surface area contributed by atoms with Crippen molar-refractivity contribution < 1.29 is 13.2 Å². The van der Waals surface area contributed by atoms with Gasteiger partial charge in [-0.15, -0.1) is 0 Å². The number of carbonyl (C=O) groups excluding carboxylic acids is 1. The molecule has 2 amide bonds. The highest BCUT2D eigenvalue weighted by Gasteiger charge is 2.23. The van der Waals surface area contributed by atoms with Gasteiger partial charge in [0.2, 0.25) is 0 Å². The molecule has 7 heteroatoms. The van der Waals surface area contributed by atoms with Crippen molar-refractivity contribution in [3.8, 4) is 0 Å². The largest absolute Gasteiger partial charge is 0.336 e. The summed E-state index contributed by atoms with van der Waals surface area (Å²) in [6.45, 7) is 2.59.